The average molecular weight is 327 g/mol. The van der Waals surface area contributed by atoms with E-state index in [1.54, 1.807) is 12.1 Å². The van der Waals surface area contributed by atoms with Crippen LogP contribution in [-0.4, -0.2) is 27.1 Å². The van der Waals surface area contributed by atoms with Gasteiger partial charge in [-0.05, 0) is 66.4 Å². The van der Waals surface area contributed by atoms with E-state index in [0.29, 0.717) is 18.4 Å². The summed E-state index contributed by atoms with van der Waals surface area (Å²) in [6, 6.07) is 6.38. The van der Waals surface area contributed by atoms with E-state index in [0.717, 1.165) is 23.0 Å². The Hall–Kier alpha value is -2.17. The van der Waals surface area contributed by atoms with Gasteiger partial charge in [0.1, 0.15) is 0 Å². The van der Waals surface area contributed by atoms with Crippen molar-refractivity contribution in [2.45, 2.75) is 32.1 Å². The Morgan fingerprint density at radius 2 is 1.62 bits per heavy atom. The number of non-ortho nitro benzene ring substituents is 1. The van der Waals surface area contributed by atoms with E-state index in [4.69, 9.17) is 0 Å². The maximum absolute atomic E-state index is 10.7. The van der Waals surface area contributed by atoms with Crippen LogP contribution in [0, 0.1) is 33.8 Å². The molecule has 5 nitrogen and oxygen atoms in total. The summed E-state index contributed by atoms with van der Waals surface area (Å²) in [5, 5.41) is 21.4. The quantitative estimate of drug-likeness (QED) is 0.395. The molecule has 4 aliphatic carbocycles. The number of benzene rings is 1. The summed E-state index contributed by atoms with van der Waals surface area (Å²) in [6.45, 7) is 4.44. The fourth-order valence-corrected chi connectivity index (χ4v) is 5.27. The largest absolute Gasteiger partial charge is 0.291 e. The van der Waals surface area contributed by atoms with Crippen LogP contribution in [0.5, 0.6) is 0 Å². The molecule has 126 valence electrons. The molecule has 1 N–H and O–H groups in total. The highest BCUT2D eigenvalue weighted by atomic mass is 16.6. The molecule has 4 aliphatic rings. The van der Waals surface area contributed by atoms with Gasteiger partial charge in [-0.25, -0.2) is 0 Å². The molecule has 0 atom stereocenters. The molecule has 0 spiro atoms. The first-order valence-corrected chi connectivity index (χ1v) is 8.77. The smallest absolute Gasteiger partial charge is 0.269 e. The predicted molar refractivity (Wildman–Crippen MR) is 91.1 cm³/mol. The number of nitro groups is 1. The van der Waals surface area contributed by atoms with E-state index in [2.05, 4.69) is 6.58 Å². The van der Waals surface area contributed by atoms with Crippen molar-refractivity contribution in [2.75, 3.05) is 6.54 Å². The monoisotopic (exact) mass is 327 g/mol. The van der Waals surface area contributed by atoms with Crippen molar-refractivity contribution in [2.24, 2.45) is 23.7 Å². The van der Waals surface area contributed by atoms with Crippen LogP contribution in [0.3, 0.4) is 0 Å². The maximum atomic E-state index is 10.7. The van der Waals surface area contributed by atoms with E-state index in [1.807, 2.05) is 0 Å². The van der Waals surface area contributed by atoms with E-state index < -0.39 is 4.92 Å². The summed E-state index contributed by atoms with van der Waals surface area (Å²) < 4.78 is 1.43. The van der Waals surface area contributed by atoms with Crippen molar-refractivity contribution >= 4 is 17.0 Å². The first-order valence-electron chi connectivity index (χ1n) is 8.77. The van der Waals surface area contributed by atoms with Crippen LogP contribution in [0.4, 0.5) is 5.69 Å². The van der Waals surface area contributed by atoms with E-state index in [1.165, 1.54) is 54.7 Å². The van der Waals surface area contributed by atoms with E-state index >= 15 is 0 Å². The van der Waals surface area contributed by atoms with Gasteiger partial charge in [0.25, 0.3) is 5.69 Å². The highest BCUT2D eigenvalue weighted by Crippen LogP contribution is 2.52. The summed E-state index contributed by atoms with van der Waals surface area (Å²) >= 11 is 0. The minimum absolute atomic E-state index is 0.0721. The van der Waals surface area contributed by atoms with Gasteiger partial charge >= 0.3 is 0 Å². The molecule has 5 rings (SSSR count). The zero-order valence-corrected chi connectivity index (χ0v) is 13.7. The Labute approximate surface area is 141 Å². The van der Waals surface area contributed by atoms with Crippen molar-refractivity contribution in [1.29, 1.82) is 0 Å². The van der Waals surface area contributed by atoms with Crippen molar-refractivity contribution in [1.82, 2.24) is 0 Å². The second-order valence-electron chi connectivity index (χ2n) is 7.69. The Bertz CT molecular complexity index is 691. The summed E-state index contributed by atoms with van der Waals surface area (Å²) in [4.78, 5) is 10.3. The Balaban J connectivity index is 1.52. The molecule has 1 aromatic carbocycles. The van der Waals surface area contributed by atoms with Crippen LogP contribution < -0.4 is 0 Å². The number of nitrogens with zero attached hydrogens (tertiary/aromatic N) is 2. The fourth-order valence-electron chi connectivity index (χ4n) is 5.27. The van der Waals surface area contributed by atoms with Crippen molar-refractivity contribution in [3.8, 4) is 0 Å². The van der Waals surface area contributed by atoms with E-state index in [-0.39, 0.29) is 5.69 Å². The van der Waals surface area contributed by atoms with Crippen LogP contribution in [0.15, 0.2) is 30.8 Å². The molecule has 0 saturated heterocycles. The molecule has 4 bridgehead atoms. The third-order valence-electron chi connectivity index (χ3n) is 6.10. The molecule has 4 saturated carbocycles. The molecule has 0 amide bonds. The molecule has 1 aromatic rings. The number of hydroxylamine groups is 1. The molecule has 0 aromatic heterocycles. The van der Waals surface area contributed by atoms with Crippen molar-refractivity contribution in [3.63, 3.8) is 0 Å². The minimum atomic E-state index is -0.407. The lowest BCUT2D eigenvalue weighted by Gasteiger charge is -2.47. The van der Waals surface area contributed by atoms with Crippen LogP contribution in [0.25, 0.3) is 5.57 Å². The van der Waals surface area contributed by atoms with Gasteiger partial charge in [-0.2, -0.15) is 0 Å². The average Bonchev–Trinajstić information content (AvgIpc) is 2.53. The minimum Gasteiger partial charge on any atom is -0.291 e. The summed E-state index contributed by atoms with van der Waals surface area (Å²) in [5.41, 5.74) is 2.91. The van der Waals surface area contributed by atoms with E-state index in [9.17, 15) is 15.3 Å². The molecule has 0 unspecified atom stereocenters. The first-order chi connectivity index (χ1) is 11.5. The molecular weight excluding hydrogens is 304 g/mol. The molecule has 4 fully saturated rings. The third kappa shape index (κ3) is 2.62. The molecule has 24 heavy (non-hydrogen) atoms. The lowest BCUT2D eigenvalue weighted by Crippen LogP contribution is -2.49. The van der Waals surface area contributed by atoms with Crippen LogP contribution in [0.1, 0.15) is 37.7 Å². The van der Waals surface area contributed by atoms with Crippen LogP contribution in [0.2, 0.25) is 0 Å². The number of nitro benzene ring substituents is 1. The number of rotatable bonds is 4. The van der Waals surface area contributed by atoms with Gasteiger partial charge in [-0.15, -0.1) is 0 Å². The predicted octanol–water partition coefficient (Wildman–Crippen LogP) is 3.91. The molecule has 0 radical (unpaired) electrons. The van der Waals surface area contributed by atoms with Crippen LogP contribution >= 0.6 is 0 Å². The summed E-state index contributed by atoms with van der Waals surface area (Å²) in [7, 11) is 0. The first kappa shape index (κ1) is 15.4. The summed E-state index contributed by atoms with van der Waals surface area (Å²) in [6.07, 6.45) is 6.29. The van der Waals surface area contributed by atoms with Gasteiger partial charge in [-0.3, -0.25) is 15.3 Å². The van der Waals surface area contributed by atoms with Crippen LogP contribution in [-0.2, 0) is 0 Å². The fraction of sp³-hybridized carbons (Fsp3) is 0.526. The Kier molecular flexibility index (Phi) is 3.66. The third-order valence-corrected chi connectivity index (χ3v) is 6.10. The van der Waals surface area contributed by atoms with Gasteiger partial charge in [-0.1, -0.05) is 6.58 Å². The zero-order valence-electron chi connectivity index (χ0n) is 13.7. The number of hydrogen-bond donors (Lipinski definition) is 1. The summed E-state index contributed by atoms with van der Waals surface area (Å²) in [5.74, 6) is 2.80. The molecule has 0 heterocycles. The second kappa shape index (κ2) is 5.72. The number of hydrogen-bond acceptors (Lipinski definition) is 3. The van der Waals surface area contributed by atoms with Crippen molar-refractivity contribution in [3.05, 3.63) is 46.5 Å². The highest BCUT2D eigenvalue weighted by Gasteiger charge is 2.51. The normalized spacial score (nSPS) is 30.4. The van der Waals surface area contributed by atoms with Gasteiger partial charge in [0, 0.05) is 29.5 Å². The lowest BCUT2D eigenvalue weighted by atomic mass is 9.55. The van der Waals surface area contributed by atoms with Gasteiger partial charge in [0.05, 0.1) is 4.92 Å². The topological polar surface area (TPSA) is 66.4 Å². The Morgan fingerprint density at radius 1 is 1.08 bits per heavy atom. The molecule has 0 aliphatic heterocycles. The highest BCUT2D eigenvalue weighted by molar-refractivity contribution is 5.86. The second-order valence-corrected chi connectivity index (χ2v) is 7.69. The van der Waals surface area contributed by atoms with Gasteiger partial charge in [0.2, 0.25) is 12.3 Å². The van der Waals surface area contributed by atoms with Crippen molar-refractivity contribution < 1.29 is 14.9 Å². The van der Waals surface area contributed by atoms with Gasteiger partial charge in [0.15, 0.2) is 0 Å². The Morgan fingerprint density at radius 3 is 2.12 bits per heavy atom. The zero-order chi connectivity index (χ0) is 16.8. The maximum Gasteiger partial charge on any atom is 0.269 e. The lowest BCUT2D eigenvalue weighted by molar-refractivity contribution is -0.770. The molecule has 5 heteroatoms. The SMILES string of the molecule is C=C(C[N+](O)=C1C2CC3CC(C2)CC1C3)c1ccc([N+](=O)[O-])cc1. The standard InChI is InChI=1S/C19H23N2O3/c1-12(15-2-4-18(5-3-15)21(23)24)11-20(22)19-16-7-13-6-14(9-16)10-17(19)8-13/h2-5,13-14,16-17,22H,1,6-11H2/q+1. The molecular formula is C19H23N2O3+. The van der Waals surface area contributed by atoms with Gasteiger partial charge < -0.3 is 0 Å².